The second-order valence-electron chi connectivity index (χ2n) is 5.50. The van der Waals surface area contributed by atoms with E-state index < -0.39 is 10.0 Å². The molecule has 116 valence electrons. The van der Waals surface area contributed by atoms with Crippen molar-refractivity contribution in [3.63, 3.8) is 0 Å². The number of rotatable bonds is 4. The van der Waals surface area contributed by atoms with E-state index in [1.807, 2.05) is 0 Å². The molecule has 0 spiro atoms. The monoisotopic (exact) mass is 312 g/mol. The summed E-state index contributed by atoms with van der Waals surface area (Å²) in [5, 5.41) is 0. The van der Waals surface area contributed by atoms with Gasteiger partial charge in [0.05, 0.1) is 12.4 Å². The van der Waals surface area contributed by atoms with Crippen molar-refractivity contribution >= 4 is 16.0 Å². The van der Waals surface area contributed by atoms with Gasteiger partial charge in [-0.25, -0.2) is 29.0 Å². The van der Waals surface area contributed by atoms with E-state index in [-0.39, 0.29) is 16.9 Å². The fourth-order valence-corrected chi connectivity index (χ4v) is 4.37. The molecule has 0 aromatic carbocycles. The molecule has 4 N–H and O–H groups in total. The Morgan fingerprint density at radius 1 is 1.19 bits per heavy atom. The summed E-state index contributed by atoms with van der Waals surface area (Å²) in [6, 6.07) is 0.294. The Kier molecular flexibility index (Phi) is 4.07. The van der Waals surface area contributed by atoms with Crippen molar-refractivity contribution in [3.8, 4) is 0 Å². The fraction of sp³-hybridized carbons (Fsp3) is 0.667. The lowest BCUT2D eigenvalue weighted by atomic mass is 10.00. The average molecular weight is 312 g/mol. The molecule has 21 heavy (non-hydrogen) atoms. The van der Waals surface area contributed by atoms with Crippen molar-refractivity contribution in [2.45, 2.75) is 42.7 Å². The lowest BCUT2D eigenvalue weighted by Crippen LogP contribution is -2.46. The number of hydrogen-bond donors (Lipinski definition) is 3. The highest BCUT2D eigenvalue weighted by Gasteiger charge is 2.37. The van der Waals surface area contributed by atoms with E-state index in [9.17, 15) is 8.42 Å². The Bertz CT molecular complexity index is 590. The molecule has 2 aliphatic rings. The van der Waals surface area contributed by atoms with E-state index in [1.165, 1.54) is 25.2 Å². The van der Waals surface area contributed by atoms with Gasteiger partial charge in [0.15, 0.2) is 0 Å². The van der Waals surface area contributed by atoms with Gasteiger partial charge in [-0.3, -0.25) is 10.3 Å². The van der Waals surface area contributed by atoms with E-state index in [4.69, 9.17) is 5.84 Å². The fourth-order valence-electron chi connectivity index (χ4n) is 3.18. The molecule has 3 heterocycles. The first kappa shape index (κ1) is 14.6. The molecule has 2 saturated heterocycles. The number of nitrogens with one attached hydrogen (secondary N) is 2. The molecule has 0 radical (unpaired) electrons. The van der Waals surface area contributed by atoms with Gasteiger partial charge in [0.25, 0.3) is 0 Å². The molecule has 0 bridgehead atoms. The van der Waals surface area contributed by atoms with Crippen LogP contribution in [0.4, 0.5) is 5.95 Å². The van der Waals surface area contributed by atoms with Crippen LogP contribution in [0.5, 0.6) is 0 Å². The van der Waals surface area contributed by atoms with Crippen LogP contribution in [0, 0.1) is 0 Å². The Balaban J connectivity index is 1.73. The minimum absolute atomic E-state index is 0.0254. The van der Waals surface area contributed by atoms with Crippen LogP contribution in [0.15, 0.2) is 17.3 Å². The van der Waals surface area contributed by atoms with E-state index >= 15 is 0 Å². The summed E-state index contributed by atoms with van der Waals surface area (Å²) >= 11 is 0. The normalized spacial score (nSPS) is 26.5. The van der Waals surface area contributed by atoms with Crippen molar-refractivity contribution in [1.29, 1.82) is 0 Å². The van der Waals surface area contributed by atoms with Gasteiger partial charge in [-0.15, -0.1) is 0 Å². The number of hydrazine groups is 1. The minimum Gasteiger partial charge on any atom is -0.299 e. The predicted molar refractivity (Wildman–Crippen MR) is 77.8 cm³/mol. The molecule has 2 atom stereocenters. The van der Waals surface area contributed by atoms with Crippen LogP contribution in [0.3, 0.4) is 0 Å². The molecule has 1 aromatic rings. The smallest absolute Gasteiger partial charge is 0.243 e. The van der Waals surface area contributed by atoms with E-state index in [0.29, 0.717) is 6.04 Å². The van der Waals surface area contributed by atoms with Crippen molar-refractivity contribution in [2.75, 3.05) is 18.5 Å². The summed E-state index contributed by atoms with van der Waals surface area (Å²) in [7, 11) is -3.59. The zero-order chi connectivity index (χ0) is 14.9. The number of nitrogens with two attached hydrogens (primary N) is 1. The first-order chi connectivity index (χ1) is 10.1. The highest BCUT2D eigenvalue weighted by molar-refractivity contribution is 7.89. The molecule has 8 nitrogen and oxygen atoms in total. The average Bonchev–Trinajstić information content (AvgIpc) is 2.90. The predicted octanol–water partition coefficient (Wildman–Crippen LogP) is -0.333. The first-order valence-electron chi connectivity index (χ1n) is 7.15. The highest BCUT2D eigenvalue weighted by atomic mass is 32.2. The third kappa shape index (κ3) is 3.00. The van der Waals surface area contributed by atoms with Crippen LogP contribution in [0.1, 0.15) is 25.7 Å². The molecule has 0 saturated carbocycles. The largest absolute Gasteiger partial charge is 0.299 e. The molecule has 0 aliphatic carbocycles. The van der Waals surface area contributed by atoms with Gasteiger partial charge < -0.3 is 0 Å². The lowest BCUT2D eigenvalue weighted by Gasteiger charge is -2.32. The van der Waals surface area contributed by atoms with E-state index in [2.05, 4.69) is 25.0 Å². The van der Waals surface area contributed by atoms with Gasteiger partial charge >= 0.3 is 0 Å². The van der Waals surface area contributed by atoms with E-state index in [0.717, 1.165) is 25.9 Å². The van der Waals surface area contributed by atoms with Crippen LogP contribution in [-0.4, -0.2) is 48.5 Å². The number of hydrogen-bond acceptors (Lipinski definition) is 7. The van der Waals surface area contributed by atoms with Crippen molar-refractivity contribution in [3.05, 3.63) is 12.4 Å². The lowest BCUT2D eigenvalue weighted by molar-refractivity contribution is 0.186. The highest BCUT2D eigenvalue weighted by Crippen LogP contribution is 2.28. The number of aromatic nitrogens is 2. The Hall–Kier alpha value is -1.29. The van der Waals surface area contributed by atoms with Gasteiger partial charge in [-0.1, -0.05) is 6.42 Å². The van der Waals surface area contributed by atoms with Gasteiger partial charge in [0.2, 0.25) is 16.0 Å². The second-order valence-corrected chi connectivity index (χ2v) is 7.22. The first-order valence-corrected chi connectivity index (χ1v) is 8.63. The molecule has 0 amide bonds. The molecular weight excluding hydrogens is 292 g/mol. The third-order valence-corrected chi connectivity index (χ3v) is 5.67. The Morgan fingerprint density at radius 2 is 1.95 bits per heavy atom. The summed E-state index contributed by atoms with van der Waals surface area (Å²) in [4.78, 5) is 10.1. The summed E-state index contributed by atoms with van der Waals surface area (Å²) < 4.78 is 27.6. The molecule has 2 aliphatic heterocycles. The molecule has 2 fully saturated rings. The number of nitrogens with zero attached hydrogens (tertiary/aromatic N) is 3. The summed E-state index contributed by atoms with van der Waals surface area (Å²) in [5.74, 6) is 5.36. The van der Waals surface area contributed by atoms with Crippen LogP contribution < -0.4 is 16.0 Å². The van der Waals surface area contributed by atoms with Gasteiger partial charge in [0, 0.05) is 18.6 Å². The van der Waals surface area contributed by atoms with Crippen LogP contribution in [0.25, 0.3) is 0 Å². The summed E-state index contributed by atoms with van der Waals surface area (Å²) in [5.41, 5.74) is 2.27. The number of piperidine rings is 1. The maximum Gasteiger partial charge on any atom is 0.243 e. The maximum absolute atomic E-state index is 12.4. The Labute approximate surface area is 124 Å². The SMILES string of the molecule is NNc1ncc(S(=O)(=O)NC2CCN3CCCCC23)cn1. The van der Waals surface area contributed by atoms with Crippen LogP contribution in [0.2, 0.25) is 0 Å². The van der Waals surface area contributed by atoms with Crippen molar-refractivity contribution in [2.24, 2.45) is 5.84 Å². The molecule has 3 rings (SSSR count). The number of fused-ring (bicyclic) bond motifs is 1. The molecule has 2 unspecified atom stereocenters. The zero-order valence-electron chi connectivity index (χ0n) is 11.7. The summed E-state index contributed by atoms with van der Waals surface area (Å²) in [6.45, 7) is 2.03. The zero-order valence-corrected chi connectivity index (χ0v) is 12.5. The van der Waals surface area contributed by atoms with Crippen LogP contribution >= 0.6 is 0 Å². The number of anilines is 1. The van der Waals surface area contributed by atoms with Crippen molar-refractivity contribution < 1.29 is 8.42 Å². The van der Waals surface area contributed by atoms with Gasteiger partial charge in [-0.2, -0.15) is 0 Å². The Morgan fingerprint density at radius 3 is 2.67 bits per heavy atom. The quantitative estimate of drug-likeness (QED) is 0.515. The number of nitrogen functional groups attached to an aromatic ring is 1. The van der Waals surface area contributed by atoms with E-state index in [1.54, 1.807) is 0 Å². The number of sulfonamides is 1. The second kappa shape index (κ2) is 5.84. The van der Waals surface area contributed by atoms with Gasteiger partial charge in [0.1, 0.15) is 4.90 Å². The topological polar surface area (TPSA) is 113 Å². The molecule has 1 aromatic heterocycles. The molecular formula is C12H20N6O2S. The van der Waals surface area contributed by atoms with Crippen LogP contribution in [-0.2, 0) is 10.0 Å². The standard InChI is InChI=1S/C12H20N6O2S/c13-16-12-14-7-9(8-15-12)21(19,20)17-10-4-6-18-5-2-1-3-11(10)18/h7-8,10-11,17H,1-6,13H2,(H,14,15,16). The van der Waals surface area contributed by atoms with Gasteiger partial charge in [-0.05, 0) is 25.8 Å². The minimum atomic E-state index is -3.59. The molecule has 9 heteroatoms. The van der Waals surface area contributed by atoms with Crippen molar-refractivity contribution in [1.82, 2.24) is 19.6 Å². The maximum atomic E-state index is 12.4. The summed E-state index contributed by atoms with van der Waals surface area (Å²) in [6.07, 6.45) is 6.81. The third-order valence-electron chi connectivity index (χ3n) is 4.23.